The van der Waals surface area contributed by atoms with Gasteiger partial charge in [0.1, 0.15) is 5.75 Å². The Hall–Kier alpha value is -3.16. The molecule has 0 atom stereocenters. The fraction of sp³-hybridized carbons (Fsp3) is 0.208. The minimum Gasteiger partial charge on any atom is -0.497 e. The van der Waals surface area contributed by atoms with E-state index in [-0.39, 0.29) is 17.3 Å². The Balaban J connectivity index is 1.52. The first-order valence-electron chi connectivity index (χ1n) is 10.0. The fourth-order valence-electron chi connectivity index (χ4n) is 3.72. The molecule has 1 N–H and O–H groups in total. The van der Waals surface area contributed by atoms with Crippen molar-refractivity contribution in [3.8, 4) is 5.75 Å². The van der Waals surface area contributed by atoms with Crippen molar-refractivity contribution >= 4 is 21.6 Å². The number of methoxy groups -OCH3 is 1. The van der Waals surface area contributed by atoms with Gasteiger partial charge >= 0.3 is 0 Å². The van der Waals surface area contributed by atoms with Crippen molar-refractivity contribution in [2.45, 2.75) is 24.8 Å². The van der Waals surface area contributed by atoms with Crippen LogP contribution in [0.3, 0.4) is 0 Å². The third-order valence-corrected chi connectivity index (χ3v) is 6.92. The molecule has 0 aromatic heterocycles. The second-order valence-corrected chi connectivity index (χ2v) is 9.25. The number of sulfonamides is 1. The van der Waals surface area contributed by atoms with Gasteiger partial charge in [0, 0.05) is 24.3 Å². The van der Waals surface area contributed by atoms with E-state index in [9.17, 15) is 13.2 Å². The van der Waals surface area contributed by atoms with Crippen LogP contribution in [0.5, 0.6) is 5.75 Å². The van der Waals surface area contributed by atoms with Gasteiger partial charge in [-0.3, -0.25) is 4.79 Å². The lowest BCUT2D eigenvalue weighted by Gasteiger charge is -2.19. The Morgan fingerprint density at radius 2 is 1.81 bits per heavy atom. The Morgan fingerprint density at radius 3 is 2.52 bits per heavy atom. The van der Waals surface area contributed by atoms with Gasteiger partial charge in [-0.25, -0.2) is 13.1 Å². The smallest absolute Gasteiger partial charge is 0.258 e. The van der Waals surface area contributed by atoms with E-state index in [0.29, 0.717) is 17.9 Å². The van der Waals surface area contributed by atoms with Gasteiger partial charge < -0.3 is 9.64 Å². The number of anilines is 1. The van der Waals surface area contributed by atoms with Gasteiger partial charge in [-0.15, -0.1) is 0 Å². The zero-order valence-electron chi connectivity index (χ0n) is 17.5. The minimum atomic E-state index is -3.66. The Labute approximate surface area is 182 Å². The Morgan fingerprint density at radius 1 is 1.06 bits per heavy atom. The second kappa shape index (κ2) is 8.53. The van der Waals surface area contributed by atoms with Gasteiger partial charge in [-0.1, -0.05) is 30.3 Å². The minimum absolute atomic E-state index is 0.0344. The van der Waals surface area contributed by atoms with E-state index in [1.807, 2.05) is 49.4 Å². The van der Waals surface area contributed by atoms with Crippen LogP contribution < -0.4 is 14.4 Å². The Kier molecular flexibility index (Phi) is 5.80. The fourth-order valence-corrected chi connectivity index (χ4v) is 4.74. The van der Waals surface area contributed by atoms with Crippen LogP contribution in [0.1, 0.15) is 27.0 Å². The van der Waals surface area contributed by atoms with Gasteiger partial charge in [0.05, 0.1) is 12.0 Å². The molecule has 0 unspecified atom stereocenters. The Bertz CT molecular complexity index is 1220. The average molecular weight is 437 g/mol. The largest absolute Gasteiger partial charge is 0.497 e. The third-order valence-electron chi connectivity index (χ3n) is 5.50. The number of amides is 1. The van der Waals surface area contributed by atoms with Crippen molar-refractivity contribution in [3.05, 3.63) is 89.0 Å². The number of carbonyl (C=O) groups excluding carboxylic acids is 1. The van der Waals surface area contributed by atoms with Crippen LogP contribution in [0.4, 0.5) is 5.69 Å². The summed E-state index contributed by atoms with van der Waals surface area (Å²) in [4.78, 5) is 15.0. The van der Waals surface area contributed by atoms with E-state index in [0.717, 1.165) is 28.8 Å². The predicted molar refractivity (Wildman–Crippen MR) is 120 cm³/mol. The van der Waals surface area contributed by atoms with Crippen LogP contribution in [0, 0.1) is 6.92 Å². The summed E-state index contributed by atoms with van der Waals surface area (Å²) in [6.07, 6.45) is 0.783. The van der Waals surface area contributed by atoms with Gasteiger partial charge in [0.25, 0.3) is 5.91 Å². The molecule has 1 aliphatic heterocycles. The van der Waals surface area contributed by atoms with Gasteiger partial charge in [-0.05, 0) is 66.4 Å². The van der Waals surface area contributed by atoms with E-state index >= 15 is 0 Å². The van der Waals surface area contributed by atoms with Crippen LogP contribution in [0.25, 0.3) is 0 Å². The number of nitrogens with zero attached hydrogens (tertiary/aromatic N) is 1. The van der Waals surface area contributed by atoms with E-state index in [4.69, 9.17) is 4.74 Å². The molecule has 7 heteroatoms. The summed E-state index contributed by atoms with van der Waals surface area (Å²) in [5.41, 5.74) is 4.34. The van der Waals surface area contributed by atoms with Crippen LogP contribution in [0.2, 0.25) is 0 Å². The van der Waals surface area contributed by atoms with Crippen molar-refractivity contribution < 1.29 is 17.9 Å². The first kappa shape index (κ1) is 21.1. The van der Waals surface area contributed by atoms with Crippen molar-refractivity contribution in [2.75, 3.05) is 18.6 Å². The molecule has 4 rings (SSSR count). The maximum atomic E-state index is 13.1. The number of hydrogen-bond acceptors (Lipinski definition) is 4. The zero-order valence-corrected chi connectivity index (χ0v) is 18.3. The molecular formula is C24H24N2O4S. The lowest BCUT2D eigenvalue weighted by Crippen LogP contribution is -2.29. The number of rotatable bonds is 6. The van der Waals surface area contributed by atoms with Gasteiger partial charge in [0.2, 0.25) is 10.0 Å². The molecule has 3 aromatic carbocycles. The third kappa shape index (κ3) is 4.33. The van der Waals surface area contributed by atoms with E-state index in [2.05, 4.69) is 4.72 Å². The zero-order chi connectivity index (χ0) is 22.0. The number of aryl methyl sites for hydroxylation is 1. The summed E-state index contributed by atoms with van der Waals surface area (Å²) >= 11 is 0. The molecule has 0 saturated heterocycles. The molecule has 160 valence electrons. The molecule has 0 fully saturated rings. The molecule has 1 amide bonds. The van der Waals surface area contributed by atoms with Crippen LogP contribution >= 0.6 is 0 Å². The van der Waals surface area contributed by atoms with Gasteiger partial charge in [-0.2, -0.15) is 0 Å². The number of ether oxygens (including phenoxy) is 1. The molecule has 31 heavy (non-hydrogen) atoms. The molecule has 0 radical (unpaired) electrons. The highest BCUT2D eigenvalue weighted by atomic mass is 32.2. The van der Waals surface area contributed by atoms with Crippen LogP contribution in [-0.4, -0.2) is 28.0 Å². The molecule has 0 bridgehead atoms. The molecule has 0 spiro atoms. The monoisotopic (exact) mass is 436 g/mol. The summed E-state index contributed by atoms with van der Waals surface area (Å²) in [5, 5.41) is 0. The van der Waals surface area contributed by atoms with Crippen LogP contribution in [-0.2, 0) is 23.0 Å². The number of carbonyl (C=O) groups is 1. The first-order valence-corrected chi connectivity index (χ1v) is 11.5. The highest BCUT2D eigenvalue weighted by Gasteiger charge is 2.26. The molecule has 0 aliphatic carbocycles. The van der Waals surface area contributed by atoms with E-state index in [1.165, 1.54) is 19.2 Å². The summed E-state index contributed by atoms with van der Waals surface area (Å²) < 4.78 is 32.9. The summed E-state index contributed by atoms with van der Waals surface area (Å²) in [6, 6.07) is 19.5. The lowest BCUT2D eigenvalue weighted by atomic mass is 10.1. The predicted octanol–water partition coefficient (Wildman–Crippen LogP) is 3.69. The topological polar surface area (TPSA) is 75.7 Å². The van der Waals surface area contributed by atoms with Crippen LogP contribution in [0.15, 0.2) is 71.6 Å². The molecule has 0 saturated carbocycles. The number of fused-ring (bicyclic) bond motifs is 1. The summed E-state index contributed by atoms with van der Waals surface area (Å²) in [5.74, 6) is 0.559. The second-order valence-electron chi connectivity index (χ2n) is 7.48. The van der Waals surface area contributed by atoms with Crippen molar-refractivity contribution in [1.29, 1.82) is 0 Å². The number of hydrogen-bond donors (Lipinski definition) is 1. The number of benzene rings is 3. The first-order chi connectivity index (χ1) is 14.9. The highest BCUT2D eigenvalue weighted by Crippen LogP contribution is 2.31. The lowest BCUT2D eigenvalue weighted by molar-refractivity contribution is 0.0989. The molecule has 6 nitrogen and oxygen atoms in total. The van der Waals surface area contributed by atoms with E-state index in [1.54, 1.807) is 17.0 Å². The maximum Gasteiger partial charge on any atom is 0.258 e. The molecule has 3 aromatic rings. The number of nitrogens with one attached hydrogen (secondary N) is 1. The molecule has 1 aliphatic rings. The molecule has 1 heterocycles. The average Bonchev–Trinajstić information content (AvgIpc) is 3.21. The summed E-state index contributed by atoms with van der Waals surface area (Å²) in [6.45, 7) is 2.67. The maximum absolute atomic E-state index is 13.1. The molecular weight excluding hydrogens is 412 g/mol. The summed E-state index contributed by atoms with van der Waals surface area (Å²) in [7, 11) is -2.13. The highest BCUT2D eigenvalue weighted by molar-refractivity contribution is 7.89. The standard InChI is InChI=1S/C24H24N2O4S/c1-17-5-3-4-6-22(17)24(27)26-14-13-19-8-7-18(15-23(19)26)16-25-31(28,29)21-11-9-20(30-2)10-12-21/h3-12,15,25H,13-14,16H2,1-2H3. The van der Waals surface area contributed by atoms with Crippen molar-refractivity contribution in [1.82, 2.24) is 4.72 Å². The van der Waals surface area contributed by atoms with Crippen molar-refractivity contribution in [3.63, 3.8) is 0 Å². The van der Waals surface area contributed by atoms with Crippen molar-refractivity contribution in [2.24, 2.45) is 0 Å². The normalized spacial score (nSPS) is 13.2. The van der Waals surface area contributed by atoms with Gasteiger partial charge in [0.15, 0.2) is 0 Å². The quantitative estimate of drug-likeness (QED) is 0.640. The SMILES string of the molecule is COc1ccc(S(=O)(=O)NCc2ccc3c(c2)N(C(=O)c2ccccc2C)CC3)cc1. The van der Waals surface area contributed by atoms with E-state index < -0.39 is 10.0 Å².